The second-order valence-electron chi connectivity index (χ2n) is 9.19. The SMILES string of the molecule is C[C@]12CC[C@H](O)CC1=CCC1C2CC[C@]2(C)/C(=C(/F)CO)CCC12. The molecule has 3 heteroatoms. The van der Waals surface area contributed by atoms with Gasteiger partial charge in [-0.3, -0.25) is 0 Å². The Morgan fingerprint density at radius 3 is 2.62 bits per heavy atom. The molecule has 3 unspecified atom stereocenters. The first-order valence-electron chi connectivity index (χ1n) is 9.76. The van der Waals surface area contributed by atoms with Gasteiger partial charge in [0, 0.05) is 0 Å². The third-order valence-corrected chi connectivity index (χ3v) is 8.33. The van der Waals surface area contributed by atoms with E-state index in [0.717, 1.165) is 56.9 Å². The average molecular weight is 334 g/mol. The molecule has 0 aliphatic heterocycles. The topological polar surface area (TPSA) is 40.5 Å². The summed E-state index contributed by atoms with van der Waals surface area (Å²) >= 11 is 0. The highest BCUT2D eigenvalue weighted by atomic mass is 19.1. The van der Waals surface area contributed by atoms with Crippen molar-refractivity contribution >= 4 is 0 Å². The number of hydrogen-bond donors (Lipinski definition) is 2. The maximum absolute atomic E-state index is 14.3. The number of hydrogen-bond acceptors (Lipinski definition) is 2. The van der Waals surface area contributed by atoms with E-state index in [0.29, 0.717) is 17.8 Å². The molecule has 6 atom stereocenters. The van der Waals surface area contributed by atoms with Gasteiger partial charge in [-0.25, -0.2) is 4.39 Å². The summed E-state index contributed by atoms with van der Waals surface area (Å²) in [7, 11) is 0. The lowest BCUT2D eigenvalue weighted by Gasteiger charge is -2.57. The van der Waals surface area contributed by atoms with Crippen LogP contribution >= 0.6 is 0 Å². The van der Waals surface area contributed by atoms with E-state index >= 15 is 0 Å². The molecule has 2 nitrogen and oxygen atoms in total. The minimum atomic E-state index is -0.439. The van der Waals surface area contributed by atoms with Crippen molar-refractivity contribution in [3.63, 3.8) is 0 Å². The molecule has 0 radical (unpaired) electrons. The predicted octanol–water partition coefficient (Wildman–Crippen LogP) is 4.53. The quantitative estimate of drug-likeness (QED) is 0.692. The summed E-state index contributed by atoms with van der Waals surface area (Å²) in [5.41, 5.74) is 2.59. The van der Waals surface area contributed by atoms with Gasteiger partial charge in [-0.05, 0) is 85.5 Å². The molecular formula is C21H31FO2. The summed E-state index contributed by atoms with van der Waals surface area (Å²) in [4.78, 5) is 0. The molecule has 0 aromatic rings. The van der Waals surface area contributed by atoms with Crippen molar-refractivity contribution in [2.45, 2.75) is 71.3 Å². The fourth-order valence-corrected chi connectivity index (χ4v) is 7.00. The summed E-state index contributed by atoms with van der Waals surface area (Å²) in [6.07, 6.45) is 10.3. The van der Waals surface area contributed by atoms with Crippen LogP contribution in [0.25, 0.3) is 0 Å². The van der Waals surface area contributed by atoms with Gasteiger partial charge < -0.3 is 10.2 Å². The molecule has 0 heterocycles. The van der Waals surface area contributed by atoms with Crippen molar-refractivity contribution in [1.82, 2.24) is 0 Å². The lowest BCUT2D eigenvalue weighted by Crippen LogP contribution is -2.49. The van der Waals surface area contributed by atoms with Crippen LogP contribution in [0.15, 0.2) is 23.0 Å². The van der Waals surface area contributed by atoms with Crippen LogP contribution < -0.4 is 0 Å². The van der Waals surface area contributed by atoms with Crippen LogP contribution in [-0.2, 0) is 0 Å². The molecule has 4 aliphatic rings. The molecule has 0 aromatic heterocycles. The van der Waals surface area contributed by atoms with E-state index in [4.69, 9.17) is 0 Å². The minimum absolute atomic E-state index is 0.0517. The van der Waals surface area contributed by atoms with Gasteiger partial charge in [-0.15, -0.1) is 0 Å². The standard InChI is InChI=1S/C21H31FO2/c1-20-9-7-14(24)11-13(20)3-4-15-16-5-6-18(19(22)12-23)21(16,2)10-8-17(15)20/h3,14-17,23-24H,4-12H2,1-2H3/b19-18+/t14-,15?,16?,17?,20-,21-/m0/s1. The first kappa shape index (κ1) is 16.8. The third-order valence-electron chi connectivity index (χ3n) is 8.33. The second kappa shape index (κ2) is 5.67. The molecule has 3 fully saturated rings. The number of allylic oxidation sites excluding steroid dienone is 2. The molecule has 2 N–H and O–H groups in total. The van der Waals surface area contributed by atoms with E-state index in [1.165, 1.54) is 5.57 Å². The van der Waals surface area contributed by atoms with E-state index in [-0.39, 0.29) is 22.8 Å². The first-order chi connectivity index (χ1) is 11.4. The Morgan fingerprint density at radius 2 is 1.88 bits per heavy atom. The molecule has 24 heavy (non-hydrogen) atoms. The molecule has 4 aliphatic carbocycles. The zero-order chi connectivity index (χ0) is 17.1. The third kappa shape index (κ3) is 2.20. The number of aliphatic hydroxyl groups is 2. The van der Waals surface area contributed by atoms with Crippen molar-refractivity contribution in [3.05, 3.63) is 23.0 Å². The van der Waals surface area contributed by atoms with Gasteiger partial charge in [0.1, 0.15) is 5.83 Å². The van der Waals surface area contributed by atoms with E-state index < -0.39 is 6.61 Å². The second-order valence-corrected chi connectivity index (χ2v) is 9.19. The molecular weight excluding hydrogens is 303 g/mol. The summed E-state index contributed by atoms with van der Waals surface area (Å²) in [5.74, 6) is 1.60. The van der Waals surface area contributed by atoms with Crippen LogP contribution in [0.4, 0.5) is 4.39 Å². The van der Waals surface area contributed by atoms with Crippen molar-refractivity contribution in [2.75, 3.05) is 6.61 Å². The van der Waals surface area contributed by atoms with Gasteiger partial charge in [0.15, 0.2) is 0 Å². The Morgan fingerprint density at radius 1 is 1.17 bits per heavy atom. The maximum atomic E-state index is 14.3. The monoisotopic (exact) mass is 334 g/mol. The van der Waals surface area contributed by atoms with Crippen molar-refractivity contribution in [3.8, 4) is 0 Å². The smallest absolute Gasteiger partial charge is 0.125 e. The van der Waals surface area contributed by atoms with E-state index in [9.17, 15) is 14.6 Å². The zero-order valence-electron chi connectivity index (χ0n) is 15.0. The number of aliphatic hydroxyl groups excluding tert-OH is 2. The maximum Gasteiger partial charge on any atom is 0.125 e. The van der Waals surface area contributed by atoms with E-state index in [1.54, 1.807) is 0 Å². The molecule has 0 spiro atoms. The predicted molar refractivity (Wildman–Crippen MR) is 92.9 cm³/mol. The summed E-state index contributed by atoms with van der Waals surface area (Å²) in [6, 6.07) is 0. The molecule has 0 saturated heterocycles. The van der Waals surface area contributed by atoms with Crippen LogP contribution in [0.5, 0.6) is 0 Å². The highest BCUT2D eigenvalue weighted by Gasteiger charge is 2.57. The van der Waals surface area contributed by atoms with Gasteiger partial charge in [0.25, 0.3) is 0 Å². The molecule has 0 aromatic carbocycles. The largest absolute Gasteiger partial charge is 0.393 e. The lowest BCUT2D eigenvalue weighted by atomic mass is 9.48. The highest BCUT2D eigenvalue weighted by Crippen LogP contribution is 2.66. The van der Waals surface area contributed by atoms with Gasteiger partial charge >= 0.3 is 0 Å². The van der Waals surface area contributed by atoms with Crippen molar-refractivity contribution in [2.24, 2.45) is 28.6 Å². The Labute approximate surface area is 144 Å². The molecule has 0 amide bonds. The van der Waals surface area contributed by atoms with Crippen molar-refractivity contribution < 1.29 is 14.6 Å². The van der Waals surface area contributed by atoms with Gasteiger partial charge in [-0.1, -0.05) is 25.5 Å². The van der Waals surface area contributed by atoms with E-state index in [2.05, 4.69) is 19.9 Å². The zero-order valence-corrected chi connectivity index (χ0v) is 15.0. The first-order valence-corrected chi connectivity index (χ1v) is 9.76. The van der Waals surface area contributed by atoms with Crippen molar-refractivity contribution in [1.29, 1.82) is 0 Å². The van der Waals surface area contributed by atoms with Crippen LogP contribution in [-0.4, -0.2) is 22.9 Å². The fraction of sp³-hybridized carbons (Fsp3) is 0.810. The van der Waals surface area contributed by atoms with Crippen LogP contribution in [0.1, 0.15) is 65.2 Å². The lowest BCUT2D eigenvalue weighted by molar-refractivity contribution is -0.0274. The summed E-state index contributed by atoms with van der Waals surface area (Å²) < 4.78 is 14.3. The Balaban J connectivity index is 1.68. The van der Waals surface area contributed by atoms with Gasteiger partial charge in [0.2, 0.25) is 0 Å². The molecule has 3 saturated carbocycles. The Hall–Kier alpha value is -0.670. The summed E-state index contributed by atoms with van der Waals surface area (Å²) in [6.45, 7) is 4.23. The fourth-order valence-electron chi connectivity index (χ4n) is 7.00. The number of rotatable bonds is 1. The van der Waals surface area contributed by atoms with Gasteiger partial charge in [0.05, 0.1) is 12.7 Å². The Bertz CT molecular complexity index is 595. The van der Waals surface area contributed by atoms with Crippen LogP contribution in [0, 0.1) is 28.6 Å². The van der Waals surface area contributed by atoms with Crippen LogP contribution in [0.3, 0.4) is 0 Å². The Kier molecular flexibility index (Phi) is 3.96. The minimum Gasteiger partial charge on any atom is -0.393 e. The average Bonchev–Trinajstić information content (AvgIpc) is 2.92. The highest BCUT2D eigenvalue weighted by molar-refractivity contribution is 5.30. The molecule has 134 valence electrons. The molecule has 0 bridgehead atoms. The van der Waals surface area contributed by atoms with E-state index in [1.807, 2.05) is 0 Å². The number of fused-ring (bicyclic) bond motifs is 5. The van der Waals surface area contributed by atoms with Crippen LogP contribution in [0.2, 0.25) is 0 Å². The number of halogens is 1. The summed E-state index contributed by atoms with van der Waals surface area (Å²) in [5, 5.41) is 19.3. The van der Waals surface area contributed by atoms with Gasteiger partial charge in [-0.2, -0.15) is 0 Å². The molecule has 4 rings (SSSR count). The normalized spacial score (nSPS) is 49.8.